The Hall–Kier alpha value is -1.83. The molecular weight excluding hydrogens is 278 g/mol. The fraction of sp³-hybridized carbons (Fsp3) is 0.500. The summed E-state index contributed by atoms with van der Waals surface area (Å²) in [6, 6.07) is 9.58. The number of piperidine rings is 1. The summed E-state index contributed by atoms with van der Waals surface area (Å²) in [6.07, 6.45) is 1.98. The van der Waals surface area contributed by atoms with Gasteiger partial charge in [-0.05, 0) is 31.9 Å². The van der Waals surface area contributed by atoms with E-state index >= 15 is 0 Å². The lowest BCUT2D eigenvalue weighted by Gasteiger charge is -2.39. The Bertz CT molecular complexity index is 581. The van der Waals surface area contributed by atoms with Crippen LogP contribution in [0.25, 0.3) is 0 Å². The Morgan fingerprint density at radius 2 is 2.00 bits per heavy atom. The summed E-state index contributed by atoms with van der Waals surface area (Å²) in [4.78, 5) is 14.1. The van der Waals surface area contributed by atoms with Crippen molar-refractivity contribution in [3.63, 3.8) is 0 Å². The zero-order valence-electron chi connectivity index (χ0n) is 12.9. The lowest BCUT2D eigenvalue weighted by molar-refractivity contribution is -0.192. The maximum atomic E-state index is 12.3. The van der Waals surface area contributed by atoms with E-state index in [1.165, 1.54) is 0 Å². The largest absolute Gasteiger partial charge is 0.347 e. The highest BCUT2D eigenvalue weighted by atomic mass is 16.7. The van der Waals surface area contributed by atoms with Crippen molar-refractivity contribution in [1.29, 1.82) is 0 Å². The first kappa shape index (κ1) is 15.1. The number of carbonyl (C=O) groups is 1. The second-order valence-corrected chi connectivity index (χ2v) is 5.92. The maximum Gasteiger partial charge on any atom is 0.298 e. The van der Waals surface area contributed by atoms with Gasteiger partial charge in [0.05, 0.1) is 13.2 Å². The Morgan fingerprint density at radius 1 is 1.27 bits per heavy atom. The average Bonchev–Trinajstić information content (AvgIpc) is 3.02. The monoisotopic (exact) mass is 299 g/mol. The van der Waals surface area contributed by atoms with Gasteiger partial charge >= 0.3 is 0 Å². The van der Waals surface area contributed by atoms with Gasteiger partial charge in [-0.25, -0.2) is 0 Å². The van der Waals surface area contributed by atoms with E-state index in [0.29, 0.717) is 19.8 Å². The van der Waals surface area contributed by atoms with Gasteiger partial charge in [0.2, 0.25) is 0 Å². The van der Waals surface area contributed by atoms with E-state index in [2.05, 4.69) is 11.8 Å². The van der Waals surface area contributed by atoms with Crippen molar-refractivity contribution in [3.8, 4) is 11.8 Å². The van der Waals surface area contributed by atoms with Crippen LogP contribution in [0.1, 0.15) is 25.3 Å². The maximum absolute atomic E-state index is 12.3. The second kappa shape index (κ2) is 6.51. The summed E-state index contributed by atoms with van der Waals surface area (Å²) in [5.41, 5.74) is 0.860. The predicted octanol–water partition coefficient (Wildman–Crippen LogP) is 2.04. The van der Waals surface area contributed by atoms with Crippen LogP contribution in [0.3, 0.4) is 0 Å². The van der Waals surface area contributed by atoms with Crippen LogP contribution in [0.5, 0.6) is 0 Å². The smallest absolute Gasteiger partial charge is 0.298 e. The third-order valence-electron chi connectivity index (χ3n) is 4.40. The van der Waals surface area contributed by atoms with Gasteiger partial charge in [-0.2, -0.15) is 0 Å². The zero-order chi connectivity index (χ0) is 15.4. The molecule has 3 rings (SSSR count). The highest BCUT2D eigenvalue weighted by molar-refractivity contribution is 5.94. The quantitative estimate of drug-likeness (QED) is 0.745. The fourth-order valence-electron chi connectivity index (χ4n) is 3.08. The molecule has 1 aromatic rings. The molecule has 4 nitrogen and oxygen atoms in total. The molecule has 0 aromatic heterocycles. The van der Waals surface area contributed by atoms with Gasteiger partial charge in [0.25, 0.3) is 5.91 Å². The minimum atomic E-state index is -0.550. The molecule has 2 saturated heterocycles. The molecule has 2 aliphatic rings. The molecule has 0 bridgehead atoms. The summed E-state index contributed by atoms with van der Waals surface area (Å²) >= 11 is 0. The number of hydrogen-bond acceptors (Lipinski definition) is 3. The Labute approximate surface area is 131 Å². The molecule has 116 valence electrons. The number of amides is 1. The molecule has 4 heteroatoms. The van der Waals surface area contributed by atoms with Crippen molar-refractivity contribution in [1.82, 2.24) is 4.90 Å². The number of ether oxygens (including phenoxy) is 2. The minimum Gasteiger partial charge on any atom is -0.347 e. The van der Waals surface area contributed by atoms with Crippen molar-refractivity contribution in [3.05, 3.63) is 35.9 Å². The van der Waals surface area contributed by atoms with Crippen molar-refractivity contribution < 1.29 is 14.3 Å². The van der Waals surface area contributed by atoms with Gasteiger partial charge in [0.15, 0.2) is 5.79 Å². The molecule has 1 amide bonds. The van der Waals surface area contributed by atoms with Crippen LogP contribution >= 0.6 is 0 Å². The van der Waals surface area contributed by atoms with Gasteiger partial charge in [-0.15, -0.1) is 0 Å². The number of hydrogen-bond donors (Lipinski definition) is 0. The normalized spacial score (nSPS) is 23.7. The lowest BCUT2D eigenvalue weighted by atomic mass is 9.90. The standard InChI is InChI=1S/C18H21NO3/c1-18(21-12-13-22-18)16-8-5-11-19(14-16)17(20)10-9-15-6-3-2-4-7-15/h2-4,6-7,16H,5,8,11-14H2,1H3/t16-/m0/s1. The van der Waals surface area contributed by atoms with Crippen molar-refractivity contribution in [2.45, 2.75) is 25.6 Å². The fourth-order valence-corrected chi connectivity index (χ4v) is 3.08. The van der Waals surface area contributed by atoms with Gasteiger partial charge in [-0.1, -0.05) is 24.1 Å². The van der Waals surface area contributed by atoms with E-state index in [0.717, 1.165) is 24.9 Å². The van der Waals surface area contributed by atoms with E-state index in [1.54, 1.807) is 0 Å². The number of likely N-dealkylation sites (tertiary alicyclic amines) is 1. The van der Waals surface area contributed by atoms with Crippen molar-refractivity contribution in [2.24, 2.45) is 5.92 Å². The van der Waals surface area contributed by atoms with E-state index < -0.39 is 5.79 Å². The van der Waals surface area contributed by atoms with Gasteiger partial charge in [0.1, 0.15) is 0 Å². The molecule has 2 heterocycles. The van der Waals surface area contributed by atoms with Crippen LogP contribution in [0.15, 0.2) is 30.3 Å². The Kier molecular flexibility index (Phi) is 4.47. The molecule has 1 atom stereocenters. The summed E-state index contributed by atoms with van der Waals surface area (Å²) in [6.45, 7) is 4.66. The van der Waals surface area contributed by atoms with Crippen LogP contribution in [-0.2, 0) is 14.3 Å². The highest BCUT2D eigenvalue weighted by Gasteiger charge is 2.42. The Balaban J connectivity index is 1.64. The molecule has 0 unspecified atom stereocenters. The Morgan fingerprint density at radius 3 is 2.73 bits per heavy atom. The molecule has 2 fully saturated rings. The number of rotatable bonds is 1. The first-order chi connectivity index (χ1) is 10.7. The molecule has 0 aliphatic carbocycles. The minimum absolute atomic E-state index is 0.116. The number of benzene rings is 1. The molecule has 1 aromatic carbocycles. The first-order valence-corrected chi connectivity index (χ1v) is 7.81. The molecule has 0 radical (unpaired) electrons. The van der Waals surface area contributed by atoms with Gasteiger partial charge in [0, 0.05) is 30.5 Å². The second-order valence-electron chi connectivity index (χ2n) is 5.92. The molecule has 2 aliphatic heterocycles. The van der Waals surface area contributed by atoms with E-state index in [4.69, 9.17) is 9.47 Å². The highest BCUT2D eigenvalue weighted by Crippen LogP contribution is 2.33. The lowest BCUT2D eigenvalue weighted by Crippen LogP contribution is -2.48. The summed E-state index contributed by atoms with van der Waals surface area (Å²) < 4.78 is 11.5. The SMILES string of the molecule is CC1([C@H]2CCCN(C(=O)C#Cc3ccccc3)C2)OCCO1. The first-order valence-electron chi connectivity index (χ1n) is 7.81. The van der Waals surface area contributed by atoms with Crippen molar-refractivity contribution in [2.75, 3.05) is 26.3 Å². The average molecular weight is 299 g/mol. The van der Waals surface area contributed by atoms with E-state index in [9.17, 15) is 4.79 Å². The molecule has 0 N–H and O–H groups in total. The molecule has 22 heavy (non-hydrogen) atoms. The molecule has 0 spiro atoms. The summed E-state index contributed by atoms with van der Waals surface area (Å²) in [5.74, 6) is 5.23. The molecule has 0 saturated carbocycles. The van der Waals surface area contributed by atoms with Crippen LogP contribution in [0.2, 0.25) is 0 Å². The third-order valence-corrected chi connectivity index (χ3v) is 4.40. The van der Waals surface area contributed by atoms with Gasteiger partial charge < -0.3 is 14.4 Å². The van der Waals surface area contributed by atoms with E-state index in [1.807, 2.05) is 42.2 Å². The zero-order valence-corrected chi connectivity index (χ0v) is 12.9. The van der Waals surface area contributed by atoms with E-state index in [-0.39, 0.29) is 11.8 Å². The van der Waals surface area contributed by atoms with Gasteiger partial charge in [-0.3, -0.25) is 4.79 Å². The van der Waals surface area contributed by atoms with Crippen LogP contribution in [-0.4, -0.2) is 42.9 Å². The summed E-state index contributed by atoms with van der Waals surface area (Å²) in [7, 11) is 0. The number of nitrogens with zero attached hydrogens (tertiary/aromatic N) is 1. The predicted molar refractivity (Wildman–Crippen MR) is 82.9 cm³/mol. The summed E-state index contributed by atoms with van der Waals surface area (Å²) in [5, 5.41) is 0. The van der Waals surface area contributed by atoms with Crippen molar-refractivity contribution >= 4 is 5.91 Å². The number of carbonyl (C=O) groups excluding carboxylic acids is 1. The van der Waals surface area contributed by atoms with Crippen LogP contribution in [0.4, 0.5) is 0 Å². The topological polar surface area (TPSA) is 38.8 Å². The van der Waals surface area contributed by atoms with Crippen LogP contribution in [0, 0.1) is 17.8 Å². The van der Waals surface area contributed by atoms with Crippen LogP contribution < -0.4 is 0 Å². The molecular formula is C18H21NO3. The third kappa shape index (κ3) is 3.32.